The quantitative estimate of drug-likeness (QED) is 0.914. The van der Waals surface area contributed by atoms with Crippen LogP contribution in [0.1, 0.15) is 17.4 Å². The zero-order chi connectivity index (χ0) is 14.7. The summed E-state index contributed by atoms with van der Waals surface area (Å²) in [6.45, 7) is 2.30. The van der Waals surface area contributed by atoms with E-state index < -0.39 is 11.6 Å². The third-order valence-corrected chi connectivity index (χ3v) is 3.85. The highest BCUT2D eigenvalue weighted by atomic mass is 32.1. The maximum absolute atomic E-state index is 14.1. The van der Waals surface area contributed by atoms with E-state index in [2.05, 4.69) is 0 Å². The lowest BCUT2D eigenvalue weighted by Crippen LogP contribution is -2.20. The van der Waals surface area contributed by atoms with Gasteiger partial charge in [0, 0.05) is 18.0 Å². The van der Waals surface area contributed by atoms with Gasteiger partial charge in [-0.1, -0.05) is 6.07 Å². The van der Waals surface area contributed by atoms with Crippen LogP contribution in [-0.4, -0.2) is 13.1 Å². The molecule has 0 saturated heterocycles. The van der Waals surface area contributed by atoms with E-state index in [4.69, 9.17) is 5.73 Å². The first kappa shape index (κ1) is 14.9. The van der Waals surface area contributed by atoms with Crippen molar-refractivity contribution in [2.75, 3.05) is 11.9 Å². The molecule has 0 bridgehead atoms. The minimum atomic E-state index is -0.542. The molecule has 2 aromatic rings. The molecule has 0 aliphatic heterocycles. The number of anilines is 1. The normalized spacial score (nSPS) is 12.4. The van der Waals surface area contributed by atoms with Crippen molar-refractivity contribution >= 4 is 17.0 Å². The second kappa shape index (κ2) is 6.33. The molecule has 2 nitrogen and oxygen atoms in total. The summed E-state index contributed by atoms with van der Waals surface area (Å²) >= 11 is 1.57. The standard InChI is InChI=1S/C15H18F2N2S/c1-10(18)6-11-7-13(16)15(14(17)8-11)19(2)9-12-4-3-5-20-12/h3-5,7-8,10H,6,9,18H2,1-2H3. The molecule has 1 unspecified atom stereocenters. The summed E-state index contributed by atoms with van der Waals surface area (Å²) < 4.78 is 28.2. The average Bonchev–Trinajstić information content (AvgIpc) is 2.79. The highest BCUT2D eigenvalue weighted by molar-refractivity contribution is 7.09. The zero-order valence-electron chi connectivity index (χ0n) is 11.6. The number of benzene rings is 1. The van der Waals surface area contributed by atoms with Crippen molar-refractivity contribution < 1.29 is 8.78 Å². The van der Waals surface area contributed by atoms with E-state index in [0.717, 1.165) is 4.88 Å². The van der Waals surface area contributed by atoms with Crippen molar-refractivity contribution in [3.63, 3.8) is 0 Å². The maximum atomic E-state index is 14.1. The molecular formula is C15H18F2N2S. The van der Waals surface area contributed by atoms with Gasteiger partial charge in [-0.2, -0.15) is 0 Å². The lowest BCUT2D eigenvalue weighted by Gasteiger charge is -2.20. The lowest BCUT2D eigenvalue weighted by molar-refractivity contribution is 0.571. The maximum Gasteiger partial charge on any atom is 0.149 e. The van der Waals surface area contributed by atoms with Gasteiger partial charge in [0.1, 0.15) is 17.3 Å². The van der Waals surface area contributed by atoms with E-state index in [1.54, 1.807) is 23.3 Å². The van der Waals surface area contributed by atoms with Gasteiger partial charge < -0.3 is 10.6 Å². The van der Waals surface area contributed by atoms with E-state index in [-0.39, 0.29) is 11.7 Å². The van der Waals surface area contributed by atoms with Crippen LogP contribution in [0.15, 0.2) is 29.6 Å². The summed E-state index contributed by atoms with van der Waals surface area (Å²) in [5.41, 5.74) is 6.25. The van der Waals surface area contributed by atoms with Crippen LogP contribution in [0.5, 0.6) is 0 Å². The Hall–Kier alpha value is -1.46. The molecule has 2 N–H and O–H groups in total. The summed E-state index contributed by atoms with van der Waals surface area (Å²) in [6, 6.07) is 6.48. The molecule has 1 aromatic heterocycles. The molecule has 0 amide bonds. The van der Waals surface area contributed by atoms with E-state index in [1.165, 1.54) is 12.1 Å². The van der Waals surface area contributed by atoms with Crippen LogP contribution in [0.3, 0.4) is 0 Å². The van der Waals surface area contributed by atoms with E-state index in [0.29, 0.717) is 18.5 Å². The number of rotatable bonds is 5. The van der Waals surface area contributed by atoms with Crippen LogP contribution in [0.25, 0.3) is 0 Å². The molecule has 0 saturated carbocycles. The largest absolute Gasteiger partial charge is 0.365 e. The van der Waals surface area contributed by atoms with Crippen molar-refractivity contribution in [2.45, 2.75) is 25.9 Å². The van der Waals surface area contributed by atoms with Crippen LogP contribution in [0.2, 0.25) is 0 Å². The first-order valence-corrected chi connectivity index (χ1v) is 7.32. The molecule has 1 heterocycles. The monoisotopic (exact) mass is 296 g/mol. The minimum Gasteiger partial charge on any atom is -0.365 e. The number of nitrogens with two attached hydrogens (primary N) is 1. The Balaban J connectivity index is 2.23. The molecule has 0 aliphatic carbocycles. The van der Waals surface area contributed by atoms with E-state index in [1.807, 2.05) is 24.4 Å². The van der Waals surface area contributed by atoms with Crippen molar-refractivity contribution in [1.82, 2.24) is 0 Å². The Kier molecular flexibility index (Phi) is 4.73. The lowest BCUT2D eigenvalue weighted by atomic mass is 10.1. The van der Waals surface area contributed by atoms with E-state index >= 15 is 0 Å². The SMILES string of the molecule is CC(N)Cc1cc(F)c(N(C)Cc2cccs2)c(F)c1. The molecule has 1 aromatic carbocycles. The second-order valence-electron chi connectivity index (χ2n) is 5.02. The minimum absolute atomic E-state index is 0.00632. The Labute approximate surface area is 121 Å². The van der Waals surface area contributed by atoms with Crippen molar-refractivity contribution in [3.05, 3.63) is 51.7 Å². The summed E-state index contributed by atoms with van der Waals surface area (Å²) in [5.74, 6) is -1.08. The molecule has 5 heteroatoms. The number of nitrogens with zero attached hydrogens (tertiary/aromatic N) is 1. The molecule has 20 heavy (non-hydrogen) atoms. The number of hydrogen-bond acceptors (Lipinski definition) is 3. The van der Waals surface area contributed by atoms with Gasteiger partial charge in [0.25, 0.3) is 0 Å². The van der Waals surface area contributed by atoms with Crippen LogP contribution < -0.4 is 10.6 Å². The summed E-state index contributed by atoms with van der Waals surface area (Å²) in [5, 5.41) is 1.95. The Morgan fingerprint density at radius 3 is 2.45 bits per heavy atom. The van der Waals surface area contributed by atoms with Gasteiger partial charge in [-0.3, -0.25) is 0 Å². The predicted molar refractivity (Wildman–Crippen MR) is 80.1 cm³/mol. The third-order valence-electron chi connectivity index (χ3n) is 2.99. The zero-order valence-corrected chi connectivity index (χ0v) is 12.4. The Bertz CT molecular complexity index is 544. The first-order chi connectivity index (χ1) is 9.47. The Morgan fingerprint density at radius 1 is 1.30 bits per heavy atom. The van der Waals surface area contributed by atoms with Crippen LogP contribution in [0, 0.1) is 11.6 Å². The molecule has 108 valence electrons. The molecule has 0 aliphatic rings. The number of hydrogen-bond donors (Lipinski definition) is 1. The third kappa shape index (κ3) is 3.55. The topological polar surface area (TPSA) is 29.3 Å². The van der Waals surface area contributed by atoms with E-state index in [9.17, 15) is 8.78 Å². The van der Waals surface area contributed by atoms with Gasteiger partial charge in [-0.25, -0.2) is 8.78 Å². The molecule has 1 atom stereocenters. The van der Waals surface area contributed by atoms with Gasteiger partial charge >= 0.3 is 0 Å². The summed E-state index contributed by atoms with van der Waals surface area (Å²) in [6.07, 6.45) is 0.461. The molecular weight excluding hydrogens is 278 g/mol. The van der Waals surface area contributed by atoms with Gasteiger partial charge in [0.05, 0.1) is 6.54 Å². The fourth-order valence-electron chi connectivity index (χ4n) is 2.19. The fourth-order valence-corrected chi connectivity index (χ4v) is 2.94. The molecule has 2 rings (SSSR count). The highest BCUT2D eigenvalue weighted by Gasteiger charge is 2.16. The highest BCUT2D eigenvalue weighted by Crippen LogP contribution is 2.26. The van der Waals surface area contributed by atoms with Crippen LogP contribution in [0.4, 0.5) is 14.5 Å². The molecule has 0 spiro atoms. The molecule has 0 radical (unpaired) electrons. The molecule has 0 fully saturated rings. The second-order valence-corrected chi connectivity index (χ2v) is 6.06. The van der Waals surface area contributed by atoms with Crippen molar-refractivity contribution in [3.8, 4) is 0 Å². The van der Waals surface area contributed by atoms with Crippen molar-refractivity contribution in [1.29, 1.82) is 0 Å². The summed E-state index contributed by atoms with van der Waals surface area (Å²) in [4.78, 5) is 2.65. The van der Waals surface area contributed by atoms with Gasteiger partial charge in [-0.15, -0.1) is 11.3 Å². The number of thiophene rings is 1. The smallest absolute Gasteiger partial charge is 0.149 e. The average molecular weight is 296 g/mol. The van der Waals surface area contributed by atoms with Gasteiger partial charge in [0.15, 0.2) is 0 Å². The predicted octanol–water partition coefficient (Wildman–Crippen LogP) is 3.55. The van der Waals surface area contributed by atoms with Gasteiger partial charge in [-0.05, 0) is 42.5 Å². The summed E-state index contributed by atoms with van der Waals surface area (Å²) in [7, 11) is 1.69. The van der Waals surface area contributed by atoms with Crippen LogP contribution >= 0.6 is 11.3 Å². The van der Waals surface area contributed by atoms with Crippen molar-refractivity contribution in [2.24, 2.45) is 5.73 Å². The fraction of sp³-hybridized carbons (Fsp3) is 0.333. The first-order valence-electron chi connectivity index (χ1n) is 6.44. The van der Waals surface area contributed by atoms with Crippen LogP contribution in [-0.2, 0) is 13.0 Å². The number of halogens is 2. The Morgan fingerprint density at radius 2 is 1.95 bits per heavy atom. The van der Waals surface area contributed by atoms with Gasteiger partial charge in [0.2, 0.25) is 0 Å².